The van der Waals surface area contributed by atoms with Crippen LogP contribution in [0, 0.1) is 0 Å². The Hall–Kier alpha value is -0.970. The summed E-state index contributed by atoms with van der Waals surface area (Å²) in [6, 6.07) is 0. The third-order valence-corrected chi connectivity index (χ3v) is 1.46. The largest absolute Gasteiger partial charge is 0.275 e. The van der Waals surface area contributed by atoms with E-state index >= 15 is 0 Å². The zero-order chi connectivity index (χ0) is 9.30. The van der Waals surface area contributed by atoms with E-state index in [1.165, 1.54) is 7.05 Å². The summed E-state index contributed by atoms with van der Waals surface area (Å²) in [5, 5.41) is 2.52. The first-order valence-corrected chi connectivity index (χ1v) is 3.41. The van der Waals surface area contributed by atoms with Gasteiger partial charge in [-0.15, -0.1) is 0 Å². The maximum absolute atomic E-state index is 12.1. The van der Waals surface area contributed by atoms with Crippen LogP contribution < -0.4 is 0 Å². The van der Waals surface area contributed by atoms with E-state index < -0.39 is 17.2 Å². The van der Waals surface area contributed by atoms with Gasteiger partial charge in [-0.2, -0.15) is 5.10 Å². The average Bonchev–Trinajstić information content (AvgIpc) is 2.31. The van der Waals surface area contributed by atoms with E-state index in [-0.39, 0.29) is 5.69 Å². The number of nitrogens with zero attached hydrogens (tertiary/aromatic N) is 2. The van der Waals surface area contributed by atoms with Crippen molar-refractivity contribution in [3.8, 4) is 0 Å². The molecule has 0 aromatic carbocycles. The molecular formula is C6H5ClF2N2O. The molecule has 12 heavy (non-hydrogen) atoms. The quantitative estimate of drug-likeness (QED) is 0.672. The molecule has 0 radical (unpaired) electrons. The van der Waals surface area contributed by atoms with Crippen LogP contribution in [0.15, 0.2) is 6.20 Å². The van der Waals surface area contributed by atoms with E-state index in [4.69, 9.17) is 11.6 Å². The third kappa shape index (κ3) is 1.61. The third-order valence-electron chi connectivity index (χ3n) is 1.28. The first-order chi connectivity index (χ1) is 5.52. The Morgan fingerprint density at radius 2 is 2.33 bits per heavy atom. The highest BCUT2D eigenvalue weighted by Crippen LogP contribution is 2.22. The highest BCUT2D eigenvalue weighted by molar-refractivity contribution is 6.67. The standard InChI is InChI=1S/C6H5ClF2N2O/c1-11-2-3(6(8)9)4(10-11)5(7)12/h2,6H,1H3. The molecule has 3 nitrogen and oxygen atoms in total. The van der Waals surface area contributed by atoms with E-state index in [1.807, 2.05) is 0 Å². The van der Waals surface area contributed by atoms with Gasteiger partial charge in [-0.1, -0.05) is 0 Å². The Labute approximate surface area is 71.9 Å². The molecule has 6 heteroatoms. The molecule has 1 heterocycles. The van der Waals surface area contributed by atoms with Crippen molar-refractivity contribution in [3.05, 3.63) is 17.5 Å². The molecule has 0 amide bonds. The molecule has 1 aromatic rings. The van der Waals surface area contributed by atoms with Gasteiger partial charge in [-0.25, -0.2) is 8.78 Å². The average molecular weight is 195 g/mol. The topological polar surface area (TPSA) is 34.9 Å². The molecule has 0 saturated heterocycles. The fourth-order valence-corrected chi connectivity index (χ4v) is 0.966. The fourth-order valence-electron chi connectivity index (χ4n) is 0.819. The fraction of sp³-hybridized carbons (Fsp3) is 0.333. The second-order valence-electron chi connectivity index (χ2n) is 2.18. The number of carbonyl (C=O) groups excluding carboxylic acids is 1. The highest BCUT2D eigenvalue weighted by Gasteiger charge is 2.20. The molecule has 0 bridgehead atoms. The summed E-state index contributed by atoms with van der Waals surface area (Å²) in [7, 11) is 1.44. The van der Waals surface area contributed by atoms with E-state index in [9.17, 15) is 13.6 Å². The zero-order valence-corrected chi connectivity index (χ0v) is 6.85. The lowest BCUT2D eigenvalue weighted by molar-refractivity contribution is 0.106. The molecule has 1 aromatic heterocycles. The van der Waals surface area contributed by atoms with Gasteiger partial charge in [0, 0.05) is 13.2 Å². The Morgan fingerprint density at radius 3 is 2.67 bits per heavy atom. The maximum atomic E-state index is 12.1. The lowest BCUT2D eigenvalue weighted by Gasteiger charge is -1.93. The van der Waals surface area contributed by atoms with E-state index in [0.717, 1.165) is 10.9 Å². The molecule has 0 aliphatic rings. The highest BCUT2D eigenvalue weighted by atomic mass is 35.5. The van der Waals surface area contributed by atoms with Crippen LogP contribution in [0.5, 0.6) is 0 Å². The summed E-state index contributed by atoms with van der Waals surface area (Å²) in [4.78, 5) is 10.5. The lowest BCUT2D eigenvalue weighted by atomic mass is 10.3. The van der Waals surface area contributed by atoms with E-state index in [1.54, 1.807) is 0 Å². The van der Waals surface area contributed by atoms with Crippen molar-refractivity contribution >= 4 is 16.8 Å². The number of halogens is 3. The minimum absolute atomic E-state index is 0.380. The number of carbonyl (C=O) groups is 1. The van der Waals surface area contributed by atoms with Gasteiger partial charge in [0.15, 0.2) is 5.69 Å². The van der Waals surface area contributed by atoms with Crippen molar-refractivity contribution in [3.63, 3.8) is 0 Å². The van der Waals surface area contributed by atoms with Gasteiger partial charge < -0.3 is 0 Å². The van der Waals surface area contributed by atoms with Crippen LogP contribution in [0.3, 0.4) is 0 Å². The van der Waals surface area contributed by atoms with Crippen LogP contribution in [0.1, 0.15) is 22.5 Å². The van der Waals surface area contributed by atoms with Crippen LogP contribution in [0.4, 0.5) is 8.78 Å². The molecule has 0 spiro atoms. The smallest absolute Gasteiger partial charge is 0.273 e. The van der Waals surface area contributed by atoms with Crippen LogP contribution >= 0.6 is 11.6 Å². The molecule has 0 N–H and O–H groups in total. The molecule has 0 aliphatic carbocycles. The first-order valence-electron chi connectivity index (χ1n) is 3.04. The van der Waals surface area contributed by atoms with E-state index in [0.29, 0.717) is 0 Å². The first kappa shape index (κ1) is 9.12. The summed E-state index contributed by atoms with van der Waals surface area (Å²) < 4.78 is 25.4. The van der Waals surface area contributed by atoms with Crippen molar-refractivity contribution in [1.82, 2.24) is 9.78 Å². The number of hydrogen-bond acceptors (Lipinski definition) is 2. The van der Waals surface area contributed by atoms with Crippen LogP contribution in [0.2, 0.25) is 0 Å². The van der Waals surface area contributed by atoms with Gasteiger partial charge >= 0.3 is 0 Å². The Kier molecular flexibility index (Phi) is 2.42. The number of aromatic nitrogens is 2. The zero-order valence-electron chi connectivity index (χ0n) is 6.09. The Morgan fingerprint density at radius 1 is 1.75 bits per heavy atom. The second kappa shape index (κ2) is 3.18. The predicted octanol–water partition coefficient (Wildman–Crippen LogP) is 1.74. The Bertz CT molecular complexity index is 310. The predicted molar refractivity (Wildman–Crippen MR) is 38.3 cm³/mol. The molecule has 66 valence electrons. The monoisotopic (exact) mass is 194 g/mol. The molecule has 0 fully saturated rings. The number of alkyl halides is 2. The molecule has 0 atom stereocenters. The van der Waals surface area contributed by atoms with Crippen molar-refractivity contribution in [2.24, 2.45) is 7.05 Å². The maximum Gasteiger partial charge on any atom is 0.273 e. The molecule has 0 unspecified atom stereocenters. The van der Waals surface area contributed by atoms with E-state index in [2.05, 4.69) is 5.10 Å². The van der Waals surface area contributed by atoms with Gasteiger partial charge in [0.05, 0.1) is 5.56 Å². The van der Waals surface area contributed by atoms with Crippen molar-refractivity contribution in [2.75, 3.05) is 0 Å². The van der Waals surface area contributed by atoms with Crippen molar-refractivity contribution in [2.45, 2.75) is 6.43 Å². The van der Waals surface area contributed by atoms with Gasteiger partial charge in [-0.05, 0) is 11.6 Å². The molecular weight excluding hydrogens is 190 g/mol. The van der Waals surface area contributed by atoms with Crippen LogP contribution in [-0.2, 0) is 7.05 Å². The SMILES string of the molecule is Cn1cc(C(F)F)c(C(=O)Cl)n1. The molecule has 0 aliphatic heterocycles. The molecule has 0 saturated carbocycles. The van der Waals surface area contributed by atoms with Crippen LogP contribution in [0.25, 0.3) is 0 Å². The Balaban J connectivity index is 3.17. The second-order valence-corrected chi connectivity index (χ2v) is 2.52. The minimum Gasteiger partial charge on any atom is -0.275 e. The summed E-state index contributed by atoms with van der Waals surface area (Å²) in [6.45, 7) is 0. The number of hydrogen-bond donors (Lipinski definition) is 0. The van der Waals surface area contributed by atoms with Gasteiger partial charge in [0.25, 0.3) is 11.7 Å². The van der Waals surface area contributed by atoms with Crippen molar-refractivity contribution in [1.29, 1.82) is 0 Å². The normalized spacial score (nSPS) is 10.8. The van der Waals surface area contributed by atoms with Crippen molar-refractivity contribution < 1.29 is 13.6 Å². The van der Waals surface area contributed by atoms with Crippen LogP contribution in [-0.4, -0.2) is 15.0 Å². The summed E-state index contributed by atoms with van der Waals surface area (Å²) in [5.41, 5.74) is -0.813. The summed E-state index contributed by atoms with van der Waals surface area (Å²) in [6.07, 6.45) is -1.66. The van der Waals surface area contributed by atoms with Gasteiger partial charge in [0.2, 0.25) is 0 Å². The van der Waals surface area contributed by atoms with Gasteiger partial charge in [-0.3, -0.25) is 9.48 Å². The molecule has 1 rings (SSSR count). The number of rotatable bonds is 2. The number of aryl methyl sites for hydroxylation is 1. The van der Waals surface area contributed by atoms with Gasteiger partial charge in [0.1, 0.15) is 0 Å². The summed E-state index contributed by atoms with van der Waals surface area (Å²) in [5.74, 6) is 0. The minimum atomic E-state index is -2.73. The lowest BCUT2D eigenvalue weighted by Crippen LogP contribution is -1.96. The summed E-state index contributed by atoms with van der Waals surface area (Å²) >= 11 is 5.02.